The Balaban J connectivity index is 2.07. The summed E-state index contributed by atoms with van der Waals surface area (Å²) in [4.78, 5) is 49.9. The molecule has 0 bridgehead atoms. The van der Waals surface area contributed by atoms with Gasteiger partial charge in [-0.2, -0.15) is 0 Å². The normalized spacial score (nSPS) is 13.2. The molecule has 0 saturated heterocycles. The molecular formula is C27H35NO6. The van der Waals surface area contributed by atoms with Crippen LogP contribution < -0.4 is 5.32 Å². The van der Waals surface area contributed by atoms with E-state index in [0.29, 0.717) is 6.42 Å². The summed E-state index contributed by atoms with van der Waals surface area (Å²) in [7, 11) is 1.45. The number of ketones is 2. The first-order chi connectivity index (χ1) is 16.0. The molecule has 0 saturated carbocycles. The van der Waals surface area contributed by atoms with Crippen LogP contribution in [-0.4, -0.2) is 48.8 Å². The van der Waals surface area contributed by atoms with Crippen molar-refractivity contribution in [2.24, 2.45) is 5.92 Å². The number of hydrogen-bond acceptors (Lipinski definition) is 6. The summed E-state index contributed by atoms with van der Waals surface area (Å²) < 4.78 is 10.5. The van der Waals surface area contributed by atoms with E-state index in [-0.39, 0.29) is 37.4 Å². The maximum atomic E-state index is 13.0. The largest absolute Gasteiger partial charge is 0.460 e. The summed E-state index contributed by atoms with van der Waals surface area (Å²) in [5, 5.41) is 4.88. The quantitative estimate of drug-likeness (QED) is 0.475. The van der Waals surface area contributed by atoms with E-state index in [2.05, 4.69) is 5.32 Å². The minimum atomic E-state index is -0.919. The van der Waals surface area contributed by atoms with Crippen molar-refractivity contribution in [2.75, 3.05) is 13.7 Å². The molecule has 0 spiro atoms. The standard InChI is InChI=1S/C27H35NO6/c1-18(29)15-21(16-25(31)34-27(2,3)4)26(32)28-23(17-33-5)24(30)14-13-20-11-8-10-19-9-6-7-12-22(19)20/h6-12,21,23H,13-17H2,1-5H3,(H,28,32)/t21-,23+/m1/s1. The smallest absolute Gasteiger partial charge is 0.307 e. The average Bonchev–Trinajstić information content (AvgIpc) is 2.75. The molecule has 1 amide bonds. The summed E-state index contributed by atoms with van der Waals surface area (Å²) in [6, 6.07) is 13.1. The van der Waals surface area contributed by atoms with Crippen molar-refractivity contribution in [3.63, 3.8) is 0 Å². The number of ether oxygens (including phenoxy) is 2. The zero-order valence-electron chi connectivity index (χ0n) is 20.7. The maximum Gasteiger partial charge on any atom is 0.307 e. The van der Waals surface area contributed by atoms with Crippen LogP contribution >= 0.6 is 0 Å². The molecule has 184 valence electrons. The molecule has 2 atom stereocenters. The lowest BCUT2D eigenvalue weighted by atomic mass is 9.96. The number of carbonyl (C=O) groups excluding carboxylic acids is 4. The average molecular weight is 470 g/mol. The molecule has 0 heterocycles. The third-order valence-electron chi connectivity index (χ3n) is 5.30. The first-order valence-electron chi connectivity index (χ1n) is 11.5. The van der Waals surface area contributed by atoms with Gasteiger partial charge in [0.15, 0.2) is 5.78 Å². The predicted molar refractivity (Wildman–Crippen MR) is 130 cm³/mol. The number of rotatable bonds is 12. The van der Waals surface area contributed by atoms with Gasteiger partial charge in [-0.3, -0.25) is 14.4 Å². The van der Waals surface area contributed by atoms with Crippen molar-refractivity contribution in [2.45, 2.75) is 65.0 Å². The van der Waals surface area contributed by atoms with Gasteiger partial charge in [0.2, 0.25) is 5.91 Å². The second-order valence-corrected chi connectivity index (χ2v) is 9.51. The van der Waals surface area contributed by atoms with Crippen molar-refractivity contribution in [1.29, 1.82) is 0 Å². The monoisotopic (exact) mass is 469 g/mol. The highest BCUT2D eigenvalue weighted by atomic mass is 16.6. The van der Waals surface area contributed by atoms with Crippen LogP contribution in [0.3, 0.4) is 0 Å². The van der Waals surface area contributed by atoms with Gasteiger partial charge < -0.3 is 19.6 Å². The van der Waals surface area contributed by atoms with E-state index in [0.717, 1.165) is 16.3 Å². The van der Waals surface area contributed by atoms with Crippen LogP contribution in [0.4, 0.5) is 0 Å². The number of fused-ring (bicyclic) bond motifs is 1. The Labute approximate surface area is 201 Å². The Hall–Kier alpha value is -3.06. The highest BCUT2D eigenvalue weighted by Crippen LogP contribution is 2.20. The van der Waals surface area contributed by atoms with Gasteiger partial charge in [0.1, 0.15) is 17.4 Å². The van der Waals surface area contributed by atoms with Crippen molar-refractivity contribution < 1.29 is 28.7 Å². The fourth-order valence-electron chi connectivity index (χ4n) is 3.80. The topological polar surface area (TPSA) is 98.8 Å². The fourth-order valence-corrected chi connectivity index (χ4v) is 3.80. The van der Waals surface area contributed by atoms with E-state index < -0.39 is 29.4 Å². The number of benzene rings is 2. The van der Waals surface area contributed by atoms with Crippen LogP contribution in [0.15, 0.2) is 42.5 Å². The molecule has 0 fully saturated rings. The zero-order chi connectivity index (χ0) is 25.3. The molecule has 0 aliphatic heterocycles. The van der Waals surface area contributed by atoms with E-state index in [1.165, 1.54) is 14.0 Å². The van der Waals surface area contributed by atoms with Gasteiger partial charge in [-0.1, -0.05) is 42.5 Å². The third kappa shape index (κ3) is 8.71. The number of Topliss-reactive ketones (excluding diaryl/α,β-unsaturated/α-hetero) is 2. The first kappa shape index (κ1) is 27.2. The summed E-state index contributed by atoms with van der Waals surface area (Å²) in [5.41, 5.74) is 0.346. The Morgan fingerprint density at radius 3 is 2.29 bits per heavy atom. The molecule has 7 nitrogen and oxygen atoms in total. The molecule has 1 N–H and O–H groups in total. The van der Waals surface area contributed by atoms with Crippen molar-refractivity contribution in [3.05, 3.63) is 48.0 Å². The molecule has 0 aliphatic carbocycles. The Morgan fingerprint density at radius 1 is 0.971 bits per heavy atom. The lowest BCUT2D eigenvalue weighted by Crippen LogP contribution is -2.47. The molecule has 7 heteroatoms. The zero-order valence-corrected chi connectivity index (χ0v) is 20.7. The predicted octanol–water partition coefficient (Wildman–Crippen LogP) is 3.80. The summed E-state index contributed by atoms with van der Waals surface area (Å²) in [6.07, 6.45) is 0.373. The van der Waals surface area contributed by atoms with Gasteiger partial charge in [-0.05, 0) is 50.5 Å². The first-order valence-corrected chi connectivity index (χ1v) is 11.5. The Kier molecular flexibility index (Phi) is 9.93. The van der Waals surface area contributed by atoms with Crippen LogP contribution in [0.5, 0.6) is 0 Å². The molecule has 0 radical (unpaired) electrons. The molecular weight excluding hydrogens is 434 g/mol. The van der Waals surface area contributed by atoms with Crippen LogP contribution in [-0.2, 0) is 35.1 Å². The number of amides is 1. The molecule has 0 unspecified atom stereocenters. The molecule has 2 aromatic rings. The Morgan fingerprint density at radius 2 is 1.65 bits per heavy atom. The van der Waals surface area contributed by atoms with Crippen molar-refractivity contribution in [1.82, 2.24) is 5.32 Å². The molecule has 0 aliphatic rings. The molecule has 2 rings (SSSR count). The number of nitrogens with one attached hydrogen (secondary N) is 1. The summed E-state index contributed by atoms with van der Waals surface area (Å²) >= 11 is 0. The maximum absolute atomic E-state index is 13.0. The lowest BCUT2D eigenvalue weighted by Gasteiger charge is -2.23. The van der Waals surface area contributed by atoms with Gasteiger partial charge in [0, 0.05) is 20.0 Å². The van der Waals surface area contributed by atoms with Gasteiger partial charge in [0.05, 0.1) is 18.9 Å². The van der Waals surface area contributed by atoms with Gasteiger partial charge in [0.25, 0.3) is 0 Å². The van der Waals surface area contributed by atoms with Crippen molar-refractivity contribution in [3.8, 4) is 0 Å². The van der Waals surface area contributed by atoms with Crippen LogP contribution in [0, 0.1) is 5.92 Å². The van der Waals surface area contributed by atoms with E-state index in [4.69, 9.17) is 9.47 Å². The van der Waals surface area contributed by atoms with Crippen molar-refractivity contribution >= 4 is 34.2 Å². The van der Waals surface area contributed by atoms with E-state index in [9.17, 15) is 19.2 Å². The number of carbonyl (C=O) groups is 4. The highest BCUT2D eigenvalue weighted by molar-refractivity contribution is 5.93. The van der Waals surface area contributed by atoms with Gasteiger partial charge in [-0.25, -0.2) is 0 Å². The fraction of sp³-hybridized carbons (Fsp3) is 0.481. The number of esters is 1. The highest BCUT2D eigenvalue weighted by Gasteiger charge is 2.30. The minimum absolute atomic E-state index is 0.000655. The van der Waals surface area contributed by atoms with Gasteiger partial charge >= 0.3 is 5.97 Å². The molecule has 34 heavy (non-hydrogen) atoms. The number of aryl methyl sites for hydroxylation is 1. The van der Waals surface area contributed by atoms with Gasteiger partial charge in [-0.15, -0.1) is 0 Å². The Bertz CT molecular complexity index is 1020. The summed E-state index contributed by atoms with van der Waals surface area (Å²) in [6.45, 7) is 6.55. The minimum Gasteiger partial charge on any atom is -0.460 e. The second kappa shape index (κ2) is 12.4. The lowest BCUT2D eigenvalue weighted by molar-refractivity contribution is -0.157. The molecule has 2 aromatic carbocycles. The third-order valence-corrected chi connectivity index (χ3v) is 5.30. The van der Waals surface area contributed by atoms with E-state index in [1.54, 1.807) is 20.8 Å². The SMILES string of the molecule is COC[C@H](NC(=O)[C@H](CC(C)=O)CC(=O)OC(C)(C)C)C(=O)CCc1cccc2ccccc12. The van der Waals surface area contributed by atoms with Crippen LogP contribution in [0.25, 0.3) is 10.8 Å². The van der Waals surface area contributed by atoms with E-state index in [1.807, 2.05) is 42.5 Å². The van der Waals surface area contributed by atoms with Crippen LogP contribution in [0.2, 0.25) is 0 Å². The number of hydrogen-bond donors (Lipinski definition) is 1. The molecule has 0 aromatic heterocycles. The van der Waals surface area contributed by atoms with Crippen LogP contribution in [0.1, 0.15) is 52.5 Å². The second-order valence-electron chi connectivity index (χ2n) is 9.51. The number of methoxy groups -OCH3 is 1. The van der Waals surface area contributed by atoms with E-state index >= 15 is 0 Å². The summed E-state index contributed by atoms with van der Waals surface area (Å²) in [5.74, 6) is -2.44.